The lowest BCUT2D eigenvalue weighted by atomic mass is 9.94. The smallest absolute Gasteiger partial charge is 0.320 e. The number of esters is 1. The van der Waals surface area contributed by atoms with E-state index in [1.165, 1.54) is 0 Å². The van der Waals surface area contributed by atoms with E-state index in [-0.39, 0.29) is 11.8 Å². The zero-order valence-electron chi connectivity index (χ0n) is 9.59. The zero-order valence-corrected chi connectivity index (χ0v) is 11.2. The first-order chi connectivity index (χ1) is 8.67. The van der Waals surface area contributed by atoms with E-state index in [4.69, 9.17) is 8.92 Å². The Morgan fingerprint density at radius 2 is 2.05 bits per heavy atom. The van der Waals surface area contributed by atoms with Crippen LogP contribution in [0.15, 0.2) is 0 Å². The van der Waals surface area contributed by atoms with Gasteiger partial charge in [0.1, 0.15) is 28.1 Å². The Kier molecular flexibility index (Phi) is 2.73. The predicted octanol–water partition coefficient (Wildman–Crippen LogP) is -1.42. The van der Waals surface area contributed by atoms with Crippen molar-refractivity contribution in [3.8, 4) is 0 Å². The third-order valence-corrected chi connectivity index (χ3v) is 6.34. The SMILES string of the molecule is O=C(CS(=O)(=O)[O-])OC1C2CC3C1OS(=O)(=O)C3C2. The summed E-state index contributed by atoms with van der Waals surface area (Å²) < 4.78 is 64.5. The number of carbonyl (C=O) groups is 1. The molecule has 3 fully saturated rings. The molecule has 1 saturated heterocycles. The molecule has 0 N–H and O–H groups in total. The highest BCUT2D eigenvalue weighted by molar-refractivity contribution is 7.87. The second-order valence-electron chi connectivity index (χ2n) is 5.14. The minimum atomic E-state index is -4.70. The Hall–Kier alpha value is -0.710. The molecule has 0 spiro atoms. The maximum absolute atomic E-state index is 11.6. The number of hydrogen-bond acceptors (Lipinski definition) is 8. The largest absolute Gasteiger partial charge is 0.748 e. The molecule has 5 unspecified atom stereocenters. The van der Waals surface area contributed by atoms with Crippen LogP contribution in [-0.2, 0) is 34.0 Å². The van der Waals surface area contributed by atoms with Crippen LogP contribution in [-0.4, -0.2) is 50.6 Å². The van der Waals surface area contributed by atoms with Crippen LogP contribution >= 0.6 is 0 Å². The van der Waals surface area contributed by atoms with Gasteiger partial charge in [0, 0.05) is 11.8 Å². The second-order valence-corrected chi connectivity index (χ2v) is 8.33. The molecule has 19 heavy (non-hydrogen) atoms. The first kappa shape index (κ1) is 13.3. The molecular formula is C9H11O8S2-. The molecule has 10 heteroatoms. The first-order valence-electron chi connectivity index (χ1n) is 5.72. The standard InChI is InChI=1S/C9H12O8S2/c10-7(3-18(11,12)13)16-8-4-1-5-6(2-4)19(14,15)17-9(5)8/h4-6,8-9H,1-3H2,(H,11,12,13)/p-1. The maximum atomic E-state index is 11.6. The quantitative estimate of drug-likeness (QED) is 0.353. The summed E-state index contributed by atoms with van der Waals surface area (Å²) in [6.45, 7) is 0. The summed E-state index contributed by atoms with van der Waals surface area (Å²) in [7, 11) is -8.30. The van der Waals surface area contributed by atoms with Gasteiger partial charge in [-0.3, -0.25) is 8.98 Å². The van der Waals surface area contributed by atoms with E-state index in [9.17, 15) is 26.2 Å². The van der Waals surface area contributed by atoms with Crippen molar-refractivity contribution >= 4 is 26.2 Å². The molecule has 2 bridgehead atoms. The molecule has 0 radical (unpaired) electrons. The van der Waals surface area contributed by atoms with Crippen molar-refractivity contribution in [3.63, 3.8) is 0 Å². The van der Waals surface area contributed by atoms with Crippen molar-refractivity contribution in [2.45, 2.75) is 30.3 Å². The molecule has 1 aliphatic heterocycles. The van der Waals surface area contributed by atoms with Gasteiger partial charge in [-0.25, -0.2) is 8.42 Å². The van der Waals surface area contributed by atoms with Gasteiger partial charge >= 0.3 is 5.97 Å². The fourth-order valence-corrected chi connectivity index (χ4v) is 5.61. The van der Waals surface area contributed by atoms with Crippen LogP contribution in [0.3, 0.4) is 0 Å². The number of carbonyl (C=O) groups excluding carboxylic acids is 1. The highest BCUT2D eigenvalue weighted by atomic mass is 32.2. The van der Waals surface area contributed by atoms with Crippen molar-refractivity contribution in [1.82, 2.24) is 0 Å². The summed E-state index contributed by atoms with van der Waals surface area (Å²) in [5.41, 5.74) is 0. The van der Waals surface area contributed by atoms with E-state index in [1.807, 2.05) is 0 Å². The van der Waals surface area contributed by atoms with Gasteiger partial charge in [0.2, 0.25) is 0 Å². The molecule has 0 aromatic heterocycles. The van der Waals surface area contributed by atoms with E-state index in [1.54, 1.807) is 0 Å². The summed E-state index contributed by atoms with van der Waals surface area (Å²) in [5, 5.41) is -0.541. The molecule has 8 nitrogen and oxygen atoms in total. The Labute approximate surface area is 109 Å². The van der Waals surface area contributed by atoms with Crippen LogP contribution in [0.2, 0.25) is 0 Å². The minimum Gasteiger partial charge on any atom is -0.748 e. The van der Waals surface area contributed by atoms with E-state index in [0.29, 0.717) is 12.8 Å². The average Bonchev–Trinajstić information content (AvgIpc) is 2.78. The molecule has 1 heterocycles. The minimum absolute atomic E-state index is 0.143. The normalized spacial score (nSPS) is 42.5. The van der Waals surface area contributed by atoms with Crippen LogP contribution in [0, 0.1) is 11.8 Å². The predicted molar refractivity (Wildman–Crippen MR) is 58.2 cm³/mol. The second kappa shape index (κ2) is 3.90. The number of hydrogen-bond donors (Lipinski definition) is 0. The molecule has 0 amide bonds. The lowest BCUT2D eigenvalue weighted by Crippen LogP contribution is -2.38. The topological polar surface area (TPSA) is 127 Å². The lowest BCUT2D eigenvalue weighted by molar-refractivity contribution is -0.152. The Balaban J connectivity index is 1.74. The zero-order chi connectivity index (χ0) is 14.0. The van der Waals surface area contributed by atoms with Crippen LogP contribution < -0.4 is 0 Å². The Morgan fingerprint density at radius 3 is 2.68 bits per heavy atom. The summed E-state index contributed by atoms with van der Waals surface area (Å²) in [6.07, 6.45) is -0.567. The van der Waals surface area contributed by atoms with Gasteiger partial charge in [0.05, 0.1) is 5.25 Å². The van der Waals surface area contributed by atoms with E-state index >= 15 is 0 Å². The van der Waals surface area contributed by atoms with Crippen molar-refractivity contribution in [3.05, 3.63) is 0 Å². The molecule has 2 aliphatic carbocycles. The van der Waals surface area contributed by atoms with Crippen LogP contribution in [0.1, 0.15) is 12.8 Å². The molecule has 3 aliphatic rings. The van der Waals surface area contributed by atoms with E-state index in [2.05, 4.69) is 0 Å². The van der Waals surface area contributed by atoms with Gasteiger partial charge in [-0.15, -0.1) is 0 Å². The molecule has 5 atom stereocenters. The van der Waals surface area contributed by atoms with Crippen LogP contribution in [0.4, 0.5) is 0 Å². The van der Waals surface area contributed by atoms with Crippen LogP contribution in [0.25, 0.3) is 0 Å². The van der Waals surface area contributed by atoms with E-state index < -0.39 is 49.4 Å². The van der Waals surface area contributed by atoms with Crippen molar-refractivity contribution in [2.75, 3.05) is 5.75 Å². The van der Waals surface area contributed by atoms with Gasteiger partial charge < -0.3 is 9.29 Å². The Morgan fingerprint density at radius 1 is 1.37 bits per heavy atom. The number of rotatable bonds is 3. The summed E-state index contributed by atoms with van der Waals surface area (Å²) in [4.78, 5) is 11.3. The highest BCUT2D eigenvalue weighted by Gasteiger charge is 2.65. The molecule has 0 aromatic carbocycles. The maximum Gasteiger partial charge on any atom is 0.320 e. The number of ether oxygens (including phenoxy) is 1. The molecule has 108 valence electrons. The van der Waals surface area contributed by atoms with Crippen LogP contribution in [0.5, 0.6) is 0 Å². The van der Waals surface area contributed by atoms with Crippen molar-refractivity contribution in [2.24, 2.45) is 11.8 Å². The van der Waals surface area contributed by atoms with Gasteiger partial charge in [-0.2, -0.15) is 8.42 Å². The van der Waals surface area contributed by atoms with Crippen molar-refractivity contribution < 1.29 is 35.1 Å². The highest BCUT2D eigenvalue weighted by Crippen LogP contribution is 2.55. The summed E-state index contributed by atoms with van der Waals surface area (Å²) in [6, 6.07) is 0. The summed E-state index contributed by atoms with van der Waals surface area (Å²) >= 11 is 0. The average molecular weight is 311 g/mol. The fraction of sp³-hybridized carbons (Fsp3) is 0.889. The molecule has 0 aromatic rings. The summed E-state index contributed by atoms with van der Waals surface area (Å²) in [5.74, 6) is -2.74. The Bertz CT molecular complexity index is 621. The third kappa shape index (κ3) is 2.16. The number of fused-ring (bicyclic) bond motifs is 1. The van der Waals surface area contributed by atoms with Gasteiger partial charge in [0.25, 0.3) is 10.1 Å². The van der Waals surface area contributed by atoms with E-state index in [0.717, 1.165) is 0 Å². The van der Waals surface area contributed by atoms with Gasteiger partial charge in [-0.1, -0.05) is 0 Å². The monoisotopic (exact) mass is 311 g/mol. The third-order valence-electron chi connectivity index (χ3n) is 3.98. The molecule has 3 rings (SSSR count). The van der Waals surface area contributed by atoms with Gasteiger partial charge in [-0.05, 0) is 12.8 Å². The first-order valence-corrected chi connectivity index (χ1v) is 8.77. The lowest BCUT2D eigenvalue weighted by Gasteiger charge is -2.25. The van der Waals surface area contributed by atoms with Gasteiger partial charge in [0.15, 0.2) is 0 Å². The fourth-order valence-electron chi connectivity index (χ4n) is 3.37. The molecule has 2 saturated carbocycles. The van der Waals surface area contributed by atoms with Crippen molar-refractivity contribution in [1.29, 1.82) is 0 Å². The molecular weight excluding hydrogens is 300 g/mol.